The second-order valence-corrected chi connectivity index (χ2v) is 8.78. The van der Waals surface area contributed by atoms with Crippen LogP contribution in [0.25, 0.3) is 10.8 Å². The number of rotatable bonds is 6. The quantitative estimate of drug-likeness (QED) is 0.559. The van der Waals surface area contributed by atoms with Crippen LogP contribution in [0, 0.1) is 5.92 Å². The number of fused-ring (bicyclic) bond motifs is 1. The van der Waals surface area contributed by atoms with Crippen molar-refractivity contribution in [2.24, 2.45) is 5.92 Å². The SMILES string of the molecule is C[C@@H]1CCCN(c2ccc([C@@H](C)NC(=O)[C@@H](C)Oc3ccc4ccccc4c3)cc2)C1. The molecular formula is C27H32N2O2. The Labute approximate surface area is 185 Å². The fraction of sp³-hybridized carbons (Fsp3) is 0.370. The molecule has 0 unspecified atom stereocenters. The smallest absolute Gasteiger partial charge is 0.261 e. The fourth-order valence-electron chi connectivity index (χ4n) is 4.31. The number of nitrogens with zero attached hydrogens (tertiary/aromatic N) is 1. The predicted molar refractivity (Wildman–Crippen MR) is 128 cm³/mol. The van der Waals surface area contributed by atoms with Crippen molar-refractivity contribution in [3.8, 4) is 5.75 Å². The van der Waals surface area contributed by atoms with Gasteiger partial charge in [0.15, 0.2) is 6.10 Å². The van der Waals surface area contributed by atoms with Crippen LogP contribution >= 0.6 is 0 Å². The van der Waals surface area contributed by atoms with E-state index in [1.54, 1.807) is 6.92 Å². The van der Waals surface area contributed by atoms with Crippen LogP contribution in [0.2, 0.25) is 0 Å². The van der Waals surface area contributed by atoms with Gasteiger partial charge in [0.25, 0.3) is 5.91 Å². The van der Waals surface area contributed by atoms with E-state index in [4.69, 9.17) is 4.74 Å². The van der Waals surface area contributed by atoms with Gasteiger partial charge in [-0.05, 0) is 73.2 Å². The Bertz CT molecular complexity index is 1030. The maximum absolute atomic E-state index is 12.7. The van der Waals surface area contributed by atoms with E-state index in [1.165, 1.54) is 18.5 Å². The maximum Gasteiger partial charge on any atom is 0.261 e. The summed E-state index contributed by atoms with van der Waals surface area (Å²) in [6.07, 6.45) is 2.00. The standard InChI is InChI=1S/C27H32N2O2/c1-19-7-6-16-29(18-19)25-13-10-22(11-14-25)20(2)28-27(30)21(3)31-26-15-12-23-8-4-5-9-24(23)17-26/h4-5,8-15,17,19-21H,6-7,16,18H2,1-3H3,(H,28,30)/t19-,20-,21-/m1/s1. The van der Waals surface area contributed by atoms with Gasteiger partial charge in [0.1, 0.15) is 5.75 Å². The lowest BCUT2D eigenvalue weighted by molar-refractivity contribution is -0.127. The van der Waals surface area contributed by atoms with E-state index in [-0.39, 0.29) is 11.9 Å². The van der Waals surface area contributed by atoms with Gasteiger partial charge >= 0.3 is 0 Å². The summed E-state index contributed by atoms with van der Waals surface area (Å²) in [5, 5.41) is 5.34. The lowest BCUT2D eigenvalue weighted by atomic mass is 9.99. The molecular weight excluding hydrogens is 384 g/mol. The molecule has 3 aromatic rings. The van der Waals surface area contributed by atoms with E-state index < -0.39 is 6.10 Å². The number of benzene rings is 3. The Morgan fingerprint density at radius 2 is 1.77 bits per heavy atom. The molecule has 3 atom stereocenters. The molecule has 3 aromatic carbocycles. The summed E-state index contributed by atoms with van der Waals surface area (Å²) in [6, 6.07) is 22.5. The maximum atomic E-state index is 12.7. The van der Waals surface area contributed by atoms with Crippen LogP contribution in [0.4, 0.5) is 5.69 Å². The molecule has 4 heteroatoms. The van der Waals surface area contributed by atoms with Crippen LogP contribution in [0.3, 0.4) is 0 Å². The van der Waals surface area contributed by atoms with Gasteiger partial charge in [-0.1, -0.05) is 49.4 Å². The van der Waals surface area contributed by atoms with E-state index in [9.17, 15) is 4.79 Å². The first-order valence-electron chi connectivity index (χ1n) is 11.3. The Balaban J connectivity index is 1.34. The van der Waals surface area contributed by atoms with Crippen molar-refractivity contribution in [3.05, 3.63) is 72.3 Å². The molecule has 31 heavy (non-hydrogen) atoms. The van der Waals surface area contributed by atoms with Crippen LogP contribution in [-0.2, 0) is 4.79 Å². The molecule has 0 aromatic heterocycles. The number of ether oxygens (including phenoxy) is 1. The van der Waals surface area contributed by atoms with Gasteiger partial charge in [-0.3, -0.25) is 4.79 Å². The number of anilines is 1. The Hall–Kier alpha value is -3.01. The summed E-state index contributed by atoms with van der Waals surface area (Å²) >= 11 is 0. The Morgan fingerprint density at radius 1 is 1.03 bits per heavy atom. The third-order valence-corrected chi connectivity index (χ3v) is 6.18. The van der Waals surface area contributed by atoms with Crippen molar-refractivity contribution in [2.75, 3.05) is 18.0 Å². The molecule has 0 bridgehead atoms. The van der Waals surface area contributed by atoms with Gasteiger partial charge < -0.3 is 15.0 Å². The van der Waals surface area contributed by atoms with Crippen molar-refractivity contribution in [1.29, 1.82) is 0 Å². The summed E-state index contributed by atoms with van der Waals surface area (Å²) in [4.78, 5) is 15.2. The monoisotopic (exact) mass is 416 g/mol. The largest absolute Gasteiger partial charge is 0.481 e. The molecule has 1 aliphatic rings. The number of amides is 1. The number of carbonyl (C=O) groups is 1. The fourth-order valence-corrected chi connectivity index (χ4v) is 4.31. The molecule has 0 saturated carbocycles. The second-order valence-electron chi connectivity index (χ2n) is 8.78. The molecule has 0 aliphatic carbocycles. The van der Waals surface area contributed by atoms with Gasteiger partial charge in [-0.2, -0.15) is 0 Å². The Kier molecular flexibility index (Phi) is 6.45. The van der Waals surface area contributed by atoms with Gasteiger partial charge in [-0.25, -0.2) is 0 Å². The highest BCUT2D eigenvalue weighted by molar-refractivity contribution is 5.84. The Morgan fingerprint density at radius 3 is 2.52 bits per heavy atom. The average molecular weight is 417 g/mol. The van der Waals surface area contributed by atoms with E-state index in [1.807, 2.05) is 43.3 Å². The molecule has 1 fully saturated rings. The first kappa shape index (κ1) is 21.2. The van der Waals surface area contributed by atoms with Gasteiger partial charge in [0, 0.05) is 18.8 Å². The minimum Gasteiger partial charge on any atom is -0.481 e. The normalized spacial score (nSPS) is 18.4. The number of nitrogens with one attached hydrogen (secondary N) is 1. The van der Waals surface area contributed by atoms with Crippen molar-refractivity contribution in [2.45, 2.75) is 45.8 Å². The molecule has 4 rings (SSSR count). The lowest BCUT2D eigenvalue weighted by Crippen LogP contribution is -2.37. The summed E-state index contributed by atoms with van der Waals surface area (Å²) in [7, 11) is 0. The minimum absolute atomic E-state index is 0.0792. The van der Waals surface area contributed by atoms with Gasteiger partial charge in [-0.15, -0.1) is 0 Å². The third-order valence-electron chi connectivity index (χ3n) is 6.18. The van der Waals surface area contributed by atoms with E-state index in [2.05, 4.69) is 47.5 Å². The first-order chi connectivity index (χ1) is 15.0. The highest BCUT2D eigenvalue weighted by Gasteiger charge is 2.19. The molecule has 1 amide bonds. The molecule has 1 heterocycles. The molecule has 1 N–H and O–H groups in total. The van der Waals surface area contributed by atoms with Crippen LogP contribution in [-0.4, -0.2) is 25.1 Å². The number of hydrogen-bond acceptors (Lipinski definition) is 3. The van der Waals surface area contributed by atoms with Crippen LogP contribution in [0.5, 0.6) is 5.75 Å². The topological polar surface area (TPSA) is 41.6 Å². The lowest BCUT2D eigenvalue weighted by Gasteiger charge is -2.33. The number of carbonyl (C=O) groups excluding carboxylic acids is 1. The zero-order chi connectivity index (χ0) is 21.8. The summed E-state index contributed by atoms with van der Waals surface area (Å²) in [5.41, 5.74) is 2.36. The predicted octanol–water partition coefficient (Wildman–Crippen LogP) is 5.72. The third kappa shape index (κ3) is 5.19. The minimum atomic E-state index is -0.572. The molecule has 0 radical (unpaired) electrons. The summed E-state index contributed by atoms with van der Waals surface area (Å²) in [5.74, 6) is 1.33. The van der Waals surface area contributed by atoms with Gasteiger partial charge in [0.2, 0.25) is 0 Å². The van der Waals surface area contributed by atoms with Crippen molar-refractivity contribution in [3.63, 3.8) is 0 Å². The van der Waals surface area contributed by atoms with Crippen LogP contribution in [0.1, 0.15) is 45.2 Å². The van der Waals surface area contributed by atoms with Crippen molar-refractivity contribution < 1.29 is 9.53 Å². The van der Waals surface area contributed by atoms with E-state index in [0.29, 0.717) is 5.75 Å². The molecule has 0 spiro atoms. The van der Waals surface area contributed by atoms with Crippen LogP contribution in [0.15, 0.2) is 66.7 Å². The highest BCUT2D eigenvalue weighted by Crippen LogP contribution is 2.25. The van der Waals surface area contributed by atoms with Gasteiger partial charge in [0.05, 0.1) is 6.04 Å². The summed E-state index contributed by atoms with van der Waals surface area (Å²) in [6.45, 7) is 8.37. The molecule has 4 nitrogen and oxygen atoms in total. The highest BCUT2D eigenvalue weighted by atomic mass is 16.5. The second kappa shape index (κ2) is 9.42. The molecule has 162 valence electrons. The average Bonchev–Trinajstić information content (AvgIpc) is 2.79. The number of piperidine rings is 1. The van der Waals surface area contributed by atoms with E-state index >= 15 is 0 Å². The first-order valence-corrected chi connectivity index (χ1v) is 11.3. The van der Waals surface area contributed by atoms with Crippen LogP contribution < -0.4 is 15.0 Å². The zero-order valence-corrected chi connectivity index (χ0v) is 18.7. The summed E-state index contributed by atoms with van der Waals surface area (Å²) < 4.78 is 5.91. The van der Waals surface area contributed by atoms with Crippen molar-refractivity contribution in [1.82, 2.24) is 5.32 Å². The zero-order valence-electron chi connectivity index (χ0n) is 18.7. The number of hydrogen-bond donors (Lipinski definition) is 1. The van der Waals surface area contributed by atoms with Crippen molar-refractivity contribution >= 4 is 22.4 Å². The molecule has 1 aliphatic heterocycles. The molecule has 1 saturated heterocycles. The van der Waals surface area contributed by atoms with E-state index in [0.717, 1.165) is 35.3 Å².